The molecular formula is C16H23N3O. The molecule has 2 rings (SSSR count). The first-order valence-corrected chi connectivity index (χ1v) is 7.13. The average molecular weight is 273 g/mol. The standard InChI is InChI=1S/C16H23N3O/c1-4-19-12-15(11-17-19)18-13(2)5-6-14-7-9-16(20-3)10-8-14/h7-13,18H,4-6H2,1-3H3. The summed E-state index contributed by atoms with van der Waals surface area (Å²) in [6, 6.07) is 8.70. The lowest BCUT2D eigenvalue weighted by Crippen LogP contribution is -2.15. The predicted octanol–water partition coefficient (Wildman–Crippen LogP) is 3.34. The molecule has 1 unspecified atom stereocenters. The minimum atomic E-state index is 0.423. The Hall–Kier alpha value is -1.97. The molecular weight excluding hydrogens is 250 g/mol. The lowest BCUT2D eigenvalue weighted by atomic mass is 10.1. The molecule has 4 heteroatoms. The Morgan fingerprint density at radius 3 is 2.65 bits per heavy atom. The van der Waals surface area contributed by atoms with Gasteiger partial charge in [-0.25, -0.2) is 0 Å². The van der Waals surface area contributed by atoms with Crippen molar-refractivity contribution < 1.29 is 4.74 Å². The molecule has 4 nitrogen and oxygen atoms in total. The first kappa shape index (κ1) is 14.4. The number of nitrogens with one attached hydrogen (secondary N) is 1. The summed E-state index contributed by atoms with van der Waals surface area (Å²) in [5.41, 5.74) is 2.43. The minimum Gasteiger partial charge on any atom is -0.497 e. The second kappa shape index (κ2) is 6.98. The summed E-state index contributed by atoms with van der Waals surface area (Å²) in [5.74, 6) is 0.909. The van der Waals surface area contributed by atoms with E-state index in [4.69, 9.17) is 4.74 Å². The van der Waals surface area contributed by atoms with Crippen LogP contribution in [0.5, 0.6) is 5.75 Å². The van der Waals surface area contributed by atoms with Crippen molar-refractivity contribution in [1.82, 2.24) is 9.78 Å². The van der Waals surface area contributed by atoms with E-state index in [9.17, 15) is 0 Å². The quantitative estimate of drug-likeness (QED) is 0.841. The van der Waals surface area contributed by atoms with Crippen LogP contribution in [0.4, 0.5) is 5.69 Å². The van der Waals surface area contributed by atoms with Gasteiger partial charge in [0.25, 0.3) is 0 Å². The monoisotopic (exact) mass is 273 g/mol. The molecule has 0 fully saturated rings. The summed E-state index contributed by atoms with van der Waals surface area (Å²) in [4.78, 5) is 0. The van der Waals surface area contributed by atoms with E-state index in [1.54, 1.807) is 7.11 Å². The van der Waals surface area contributed by atoms with Crippen molar-refractivity contribution in [3.8, 4) is 5.75 Å². The lowest BCUT2D eigenvalue weighted by molar-refractivity contribution is 0.414. The SMILES string of the molecule is CCn1cc(NC(C)CCc2ccc(OC)cc2)cn1. The van der Waals surface area contributed by atoms with Gasteiger partial charge < -0.3 is 10.1 Å². The maximum absolute atomic E-state index is 5.17. The highest BCUT2D eigenvalue weighted by Crippen LogP contribution is 2.14. The molecule has 1 aromatic heterocycles. The molecule has 108 valence electrons. The summed E-state index contributed by atoms with van der Waals surface area (Å²) >= 11 is 0. The van der Waals surface area contributed by atoms with E-state index in [-0.39, 0.29) is 0 Å². The number of aryl methyl sites for hydroxylation is 2. The van der Waals surface area contributed by atoms with Crippen molar-refractivity contribution in [1.29, 1.82) is 0 Å². The van der Waals surface area contributed by atoms with E-state index < -0.39 is 0 Å². The topological polar surface area (TPSA) is 39.1 Å². The molecule has 0 saturated carbocycles. The van der Waals surface area contributed by atoms with Crippen molar-refractivity contribution >= 4 is 5.69 Å². The predicted molar refractivity (Wildman–Crippen MR) is 82.3 cm³/mol. The number of hydrogen-bond donors (Lipinski definition) is 1. The molecule has 0 radical (unpaired) electrons. The zero-order chi connectivity index (χ0) is 14.4. The third-order valence-electron chi connectivity index (χ3n) is 3.40. The molecule has 0 spiro atoms. The van der Waals surface area contributed by atoms with Gasteiger partial charge in [-0.05, 0) is 44.4 Å². The van der Waals surface area contributed by atoms with Crippen LogP contribution in [0.15, 0.2) is 36.7 Å². The summed E-state index contributed by atoms with van der Waals surface area (Å²) in [7, 11) is 1.69. The largest absolute Gasteiger partial charge is 0.497 e. The molecule has 20 heavy (non-hydrogen) atoms. The molecule has 1 N–H and O–H groups in total. The van der Waals surface area contributed by atoms with Crippen LogP contribution in [0.3, 0.4) is 0 Å². The van der Waals surface area contributed by atoms with Crippen molar-refractivity contribution in [2.45, 2.75) is 39.3 Å². The van der Waals surface area contributed by atoms with E-state index in [0.717, 1.165) is 30.8 Å². The third kappa shape index (κ3) is 4.02. The number of ether oxygens (including phenoxy) is 1. The highest BCUT2D eigenvalue weighted by molar-refractivity contribution is 5.39. The molecule has 1 atom stereocenters. The number of hydrogen-bond acceptors (Lipinski definition) is 3. The highest BCUT2D eigenvalue weighted by atomic mass is 16.5. The number of methoxy groups -OCH3 is 1. The summed E-state index contributed by atoms with van der Waals surface area (Å²) in [5, 5.41) is 7.75. The van der Waals surface area contributed by atoms with Gasteiger partial charge in [-0.2, -0.15) is 5.10 Å². The minimum absolute atomic E-state index is 0.423. The highest BCUT2D eigenvalue weighted by Gasteiger charge is 2.04. The van der Waals surface area contributed by atoms with Gasteiger partial charge in [0.1, 0.15) is 5.75 Å². The van der Waals surface area contributed by atoms with Crippen LogP contribution < -0.4 is 10.1 Å². The number of aromatic nitrogens is 2. The summed E-state index contributed by atoms with van der Waals surface area (Å²) < 4.78 is 7.09. The van der Waals surface area contributed by atoms with Crippen LogP contribution in [0, 0.1) is 0 Å². The Bertz CT molecular complexity index is 519. The molecule has 0 bridgehead atoms. The summed E-state index contributed by atoms with van der Waals surface area (Å²) in [6.45, 7) is 5.19. The molecule has 1 aromatic carbocycles. The van der Waals surface area contributed by atoms with Crippen LogP contribution in [0.25, 0.3) is 0 Å². The molecule has 0 amide bonds. The zero-order valence-corrected chi connectivity index (χ0v) is 12.5. The second-order valence-electron chi connectivity index (χ2n) is 5.02. The van der Waals surface area contributed by atoms with Gasteiger partial charge in [-0.3, -0.25) is 4.68 Å². The summed E-state index contributed by atoms with van der Waals surface area (Å²) in [6.07, 6.45) is 6.07. The Labute approximate surface area is 120 Å². The third-order valence-corrected chi connectivity index (χ3v) is 3.40. The van der Waals surface area contributed by atoms with Gasteiger partial charge in [0, 0.05) is 18.8 Å². The van der Waals surface area contributed by atoms with Gasteiger partial charge in [-0.1, -0.05) is 12.1 Å². The average Bonchev–Trinajstić information content (AvgIpc) is 2.93. The molecule has 0 aliphatic heterocycles. The van der Waals surface area contributed by atoms with Crippen LogP contribution >= 0.6 is 0 Å². The van der Waals surface area contributed by atoms with Crippen LogP contribution in [0.1, 0.15) is 25.8 Å². The van der Waals surface area contributed by atoms with Gasteiger partial charge in [0.15, 0.2) is 0 Å². The van der Waals surface area contributed by atoms with Gasteiger partial charge in [0.05, 0.1) is 19.0 Å². The smallest absolute Gasteiger partial charge is 0.118 e. The molecule has 0 aliphatic carbocycles. The number of anilines is 1. The van der Waals surface area contributed by atoms with Crippen molar-refractivity contribution in [2.24, 2.45) is 0 Å². The first-order valence-electron chi connectivity index (χ1n) is 7.13. The van der Waals surface area contributed by atoms with Crippen molar-refractivity contribution in [3.05, 3.63) is 42.2 Å². The fourth-order valence-corrected chi connectivity index (χ4v) is 2.14. The van der Waals surface area contributed by atoms with Gasteiger partial charge in [-0.15, -0.1) is 0 Å². The van der Waals surface area contributed by atoms with Crippen LogP contribution in [-0.4, -0.2) is 22.9 Å². The van der Waals surface area contributed by atoms with Gasteiger partial charge >= 0.3 is 0 Å². The second-order valence-corrected chi connectivity index (χ2v) is 5.02. The number of benzene rings is 1. The molecule has 0 aliphatic rings. The van der Waals surface area contributed by atoms with Crippen LogP contribution in [-0.2, 0) is 13.0 Å². The van der Waals surface area contributed by atoms with E-state index in [0.29, 0.717) is 6.04 Å². The van der Waals surface area contributed by atoms with Crippen molar-refractivity contribution in [2.75, 3.05) is 12.4 Å². The normalized spacial score (nSPS) is 12.2. The van der Waals surface area contributed by atoms with E-state index >= 15 is 0 Å². The Morgan fingerprint density at radius 1 is 1.30 bits per heavy atom. The number of nitrogens with zero attached hydrogens (tertiary/aromatic N) is 2. The molecule has 1 heterocycles. The van der Waals surface area contributed by atoms with Crippen LogP contribution in [0.2, 0.25) is 0 Å². The fraction of sp³-hybridized carbons (Fsp3) is 0.438. The van der Waals surface area contributed by atoms with E-state index in [1.807, 2.05) is 29.2 Å². The Kier molecular flexibility index (Phi) is 5.04. The van der Waals surface area contributed by atoms with E-state index in [1.165, 1.54) is 5.56 Å². The first-order chi connectivity index (χ1) is 9.71. The van der Waals surface area contributed by atoms with E-state index in [2.05, 4.69) is 36.4 Å². The maximum Gasteiger partial charge on any atom is 0.118 e. The molecule has 0 saturated heterocycles. The zero-order valence-electron chi connectivity index (χ0n) is 12.5. The Morgan fingerprint density at radius 2 is 2.05 bits per heavy atom. The maximum atomic E-state index is 5.17. The fourth-order valence-electron chi connectivity index (χ4n) is 2.14. The Balaban J connectivity index is 1.80. The molecule has 2 aromatic rings. The van der Waals surface area contributed by atoms with Crippen molar-refractivity contribution in [3.63, 3.8) is 0 Å². The number of rotatable bonds is 7. The van der Waals surface area contributed by atoms with Gasteiger partial charge in [0.2, 0.25) is 0 Å². The lowest BCUT2D eigenvalue weighted by Gasteiger charge is -2.13.